The van der Waals surface area contributed by atoms with Crippen molar-refractivity contribution in [3.05, 3.63) is 36.3 Å². The molecule has 108 valence electrons. The summed E-state index contributed by atoms with van der Waals surface area (Å²) < 4.78 is 13.5. The molecular weight excluding hydrogens is 288 g/mol. The van der Waals surface area contributed by atoms with Crippen LogP contribution >= 0.6 is 0 Å². The van der Waals surface area contributed by atoms with Gasteiger partial charge in [0.2, 0.25) is 5.95 Å². The van der Waals surface area contributed by atoms with Crippen molar-refractivity contribution in [3.8, 4) is 11.3 Å². The van der Waals surface area contributed by atoms with E-state index < -0.39 is 5.95 Å². The summed E-state index contributed by atoms with van der Waals surface area (Å²) >= 11 is 0. The second-order valence-corrected chi connectivity index (χ2v) is 5.81. The van der Waals surface area contributed by atoms with Crippen molar-refractivity contribution >= 4 is 62.3 Å². The van der Waals surface area contributed by atoms with Crippen molar-refractivity contribution in [1.29, 1.82) is 0 Å². The zero-order valence-electron chi connectivity index (χ0n) is 13.1. The van der Waals surface area contributed by atoms with E-state index in [0.29, 0.717) is 5.59 Å². The summed E-state index contributed by atoms with van der Waals surface area (Å²) in [6.45, 7) is 0. The molecule has 0 bridgehead atoms. The van der Waals surface area contributed by atoms with E-state index in [1.165, 1.54) is 6.07 Å². The molecule has 0 aliphatic carbocycles. The summed E-state index contributed by atoms with van der Waals surface area (Å²) in [6, 6.07) is 9.16. The molecule has 1 N–H and O–H groups in total. The lowest BCUT2D eigenvalue weighted by molar-refractivity contribution is 0.587. The van der Waals surface area contributed by atoms with Crippen LogP contribution in [0.25, 0.3) is 33.2 Å². The molecule has 0 spiro atoms. The van der Waals surface area contributed by atoms with Crippen LogP contribution in [-0.4, -0.2) is 43.5 Å². The number of H-pyrrole nitrogens is 1. The Morgan fingerprint density at radius 2 is 1.70 bits per heavy atom. The number of aromatic nitrogens is 4. The molecule has 0 saturated carbocycles. The van der Waals surface area contributed by atoms with Crippen LogP contribution in [0.15, 0.2) is 30.3 Å². The summed E-state index contributed by atoms with van der Waals surface area (Å²) in [6.07, 6.45) is 0. The smallest absolute Gasteiger partial charge is 0.212 e. The standard InChI is InChI=1S/C15H12B3FN4/c16-10-3-6(4-12(19)22-10)8-2-1-7-13-9(21-15(7)20-8)5-11(17)23-14(13)18/h1-5H,16-18H2,(H,20,21). The zero-order chi connectivity index (χ0) is 16.1. The first kappa shape index (κ1) is 14.0. The van der Waals surface area contributed by atoms with E-state index in [2.05, 4.69) is 19.9 Å². The summed E-state index contributed by atoms with van der Waals surface area (Å²) in [5, 5.41) is 2.11. The quantitative estimate of drug-likeness (QED) is 0.330. The van der Waals surface area contributed by atoms with E-state index in [1.54, 1.807) is 7.85 Å². The van der Waals surface area contributed by atoms with Crippen LogP contribution in [-0.2, 0) is 0 Å². The number of fused-ring (bicyclic) bond motifs is 3. The van der Waals surface area contributed by atoms with Crippen molar-refractivity contribution in [2.75, 3.05) is 0 Å². The van der Waals surface area contributed by atoms with Gasteiger partial charge in [-0.15, -0.1) is 0 Å². The first-order valence-electron chi connectivity index (χ1n) is 7.42. The molecule has 8 heteroatoms. The molecule has 0 amide bonds. The molecule has 0 unspecified atom stereocenters. The van der Waals surface area contributed by atoms with E-state index in [0.717, 1.165) is 44.4 Å². The average Bonchev–Trinajstić information content (AvgIpc) is 2.83. The van der Waals surface area contributed by atoms with Crippen molar-refractivity contribution in [1.82, 2.24) is 19.9 Å². The van der Waals surface area contributed by atoms with E-state index >= 15 is 0 Å². The first-order valence-corrected chi connectivity index (χ1v) is 7.42. The number of nitrogens with zero attached hydrogens (tertiary/aromatic N) is 3. The number of hydrogen-bond acceptors (Lipinski definition) is 3. The Balaban J connectivity index is 1.98. The minimum absolute atomic E-state index is 0.491. The molecule has 0 radical (unpaired) electrons. The largest absolute Gasteiger partial charge is 0.339 e. The molecule has 4 aromatic rings. The highest BCUT2D eigenvalue weighted by Crippen LogP contribution is 2.25. The molecule has 0 fully saturated rings. The summed E-state index contributed by atoms with van der Waals surface area (Å²) in [7, 11) is 5.74. The Hall–Kier alpha value is -2.63. The number of hydrogen-bond donors (Lipinski definition) is 1. The highest BCUT2D eigenvalue weighted by Gasteiger charge is 2.11. The molecule has 0 atom stereocenters. The van der Waals surface area contributed by atoms with Crippen LogP contribution < -0.4 is 16.8 Å². The Morgan fingerprint density at radius 3 is 2.48 bits per heavy atom. The molecule has 0 saturated heterocycles. The molecule has 4 heterocycles. The van der Waals surface area contributed by atoms with Crippen LogP contribution in [0.1, 0.15) is 0 Å². The lowest BCUT2D eigenvalue weighted by Crippen LogP contribution is -2.20. The normalized spacial score (nSPS) is 11.3. The first-order chi connectivity index (χ1) is 11.0. The van der Waals surface area contributed by atoms with Crippen LogP contribution in [0.2, 0.25) is 0 Å². The molecule has 4 nitrogen and oxygen atoms in total. The maximum absolute atomic E-state index is 13.5. The monoisotopic (exact) mass is 300 g/mol. The minimum Gasteiger partial charge on any atom is -0.339 e. The van der Waals surface area contributed by atoms with Gasteiger partial charge in [-0.3, -0.25) is 4.98 Å². The van der Waals surface area contributed by atoms with Gasteiger partial charge in [-0.25, -0.2) is 9.97 Å². The number of nitrogens with one attached hydrogen (secondary N) is 1. The maximum atomic E-state index is 13.5. The van der Waals surface area contributed by atoms with Crippen molar-refractivity contribution < 1.29 is 4.39 Å². The van der Waals surface area contributed by atoms with Gasteiger partial charge in [0.05, 0.1) is 5.69 Å². The summed E-state index contributed by atoms with van der Waals surface area (Å²) in [5.74, 6) is -0.491. The lowest BCUT2D eigenvalue weighted by atomic mass is 9.94. The second kappa shape index (κ2) is 4.94. The lowest BCUT2D eigenvalue weighted by Gasteiger charge is -2.03. The molecule has 23 heavy (non-hydrogen) atoms. The van der Waals surface area contributed by atoms with Crippen LogP contribution in [0.5, 0.6) is 0 Å². The highest BCUT2D eigenvalue weighted by molar-refractivity contribution is 6.42. The number of rotatable bonds is 1. The van der Waals surface area contributed by atoms with Crippen LogP contribution in [0, 0.1) is 5.95 Å². The van der Waals surface area contributed by atoms with E-state index in [4.69, 9.17) is 0 Å². The SMILES string of the molecule is Bc1cc(-c2ccc3c(n2)[nH]c2cc(B)nc(B)c23)cc(F)n1. The third kappa shape index (κ3) is 2.30. The summed E-state index contributed by atoms with van der Waals surface area (Å²) in [5.41, 5.74) is 5.82. The maximum Gasteiger partial charge on any atom is 0.212 e. The fourth-order valence-corrected chi connectivity index (χ4v) is 3.09. The van der Waals surface area contributed by atoms with Gasteiger partial charge in [0.1, 0.15) is 5.65 Å². The molecule has 4 aromatic heterocycles. The minimum atomic E-state index is -0.491. The molecule has 0 aliphatic rings. The highest BCUT2D eigenvalue weighted by atomic mass is 19.1. The Labute approximate surface area is 134 Å². The van der Waals surface area contributed by atoms with Gasteiger partial charge in [-0.2, -0.15) is 4.39 Å². The molecular formula is C15H12B3FN4. The number of pyridine rings is 3. The number of halogens is 1. The van der Waals surface area contributed by atoms with Crippen molar-refractivity contribution in [3.63, 3.8) is 0 Å². The van der Waals surface area contributed by atoms with Gasteiger partial charge in [0.25, 0.3) is 0 Å². The Bertz CT molecular complexity index is 1060. The van der Waals surface area contributed by atoms with Gasteiger partial charge in [-0.05, 0) is 35.5 Å². The topological polar surface area (TPSA) is 54.5 Å². The van der Waals surface area contributed by atoms with Gasteiger partial charge in [0.15, 0.2) is 23.5 Å². The Morgan fingerprint density at radius 1 is 0.913 bits per heavy atom. The third-order valence-corrected chi connectivity index (χ3v) is 3.96. The van der Waals surface area contributed by atoms with Crippen LogP contribution in [0.4, 0.5) is 4.39 Å². The van der Waals surface area contributed by atoms with Gasteiger partial charge >= 0.3 is 0 Å². The Kier molecular flexibility index (Phi) is 3.01. The number of aromatic amines is 1. The predicted molar refractivity (Wildman–Crippen MR) is 99.1 cm³/mol. The third-order valence-electron chi connectivity index (χ3n) is 3.96. The van der Waals surface area contributed by atoms with Crippen molar-refractivity contribution in [2.45, 2.75) is 0 Å². The predicted octanol–water partition coefficient (Wildman–Crippen LogP) is -1.91. The summed E-state index contributed by atoms with van der Waals surface area (Å²) in [4.78, 5) is 16.3. The van der Waals surface area contributed by atoms with Gasteiger partial charge < -0.3 is 4.98 Å². The zero-order valence-corrected chi connectivity index (χ0v) is 13.1. The van der Waals surface area contributed by atoms with Gasteiger partial charge in [-0.1, -0.05) is 0 Å². The van der Waals surface area contributed by atoms with Crippen molar-refractivity contribution in [2.24, 2.45) is 0 Å². The molecule has 4 rings (SSSR count). The average molecular weight is 300 g/mol. The van der Waals surface area contributed by atoms with E-state index in [9.17, 15) is 4.39 Å². The fourth-order valence-electron chi connectivity index (χ4n) is 3.09. The van der Waals surface area contributed by atoms with E-state index in [1.807, 2.05) is 40.0 Å². The second-order valence-electron chi connectivity index (χ2n) is 5.81. The van der Waals surface area contributed by atoms with Crippen LogP contribution in [0.3, 0.4) is 0 Å². The molecule has 0 aromatic carbocycles. The van der Waals surface area contributed by atoms with E-state index in [-0.39, 0.29) is 0 Å². The molecule has 0 aliphatic heterocycles. The van der Waals surface area contributed by atoms with Gasteiger partial charge in [0, 0.05) is 33.5 Å². The fraction of sp³-hybridized carbons (Fsp3) is 0.